The maximum Gasteiger partial charge on any atom is 0.119 e. The Hall–Kier alpha value is -1.05. The first kappa shape index (κ1) is 16.4. The fourth-order valence-electron chi connectivity index (χ4n) is 6.75. The van der Waals surface area contributed by atoms with E-state index in [1.165, 1.54) is 56.1 Å². The highest BCUT2D eigenvalue weighted by Crippen LogP contribution is 2.63. The molecule has 0 aromatic heterocycles. The molecular weight excluding hydrogens is 299 g/mol. The molecule has 0 spiro atoms. The Labute approximate surface area is 146 Å². The van der Waals surface area contributed by atoms with Gasteiger partial charge in [0, 0.05) is 0 Å². The van der Waals surface area contributed by atoms with Gasteiger partial charge < -0.3 is 4.74 Å². The molecule has 4 rings (SSSR count). The Kier molecular flexibility index (Phi) is 4.34. The molecule has 3 aliphatic carbocycles. The number of ether oxygens (including phenoxy) is 1. The molecule has 1 unspecified atom stereocenters. The fourth-order valence-corrected chi connectivity index (χ4v) is 6.75. The van der Waals surface area contributed by atoms with E-state index in [1.807, 2.05) is 0 Å². The predicted molar refractivity (Wildman–Crippen MR) is 96.3 cm³/mol. The molecule has 0 heterocycles. The van der Waals surface area contributed by atoms with Crippen LogP contribution >= 0.6 is 0 Å². The quantitative estimate of drug-likeness (QED) is 0.668. The molecule has 0 saturated heterocycles. The highest BCUT2D eigenvalue weighted by atomic mass is 19.1. The summed E-state index contributed by atoms with van der Waals surface area (Å²) >= 11 is 0. The number of hydrogen-bond donors (Lipinski definition) is 0. The lowest BCUT2D eigenvalue weighted by Gasteiger charge is -2.58. The molecule has 0 radical (unpaired) electrons. The van der Waals surface area contributed by atoms with Crippen molar-refractivity contribution in [3.05, 3.63) is 29.3 Å². The van der Waals surface area contributed by atoms with Crippen molar-refractivity contribution in [1.29, 1.82) is 0 Å². The van der Waals surface area contributed by atoms with Crippen molar-refractivity contribution in [2.24, 2.45) is 23.2 Å². The molecule has 2 saturated carbocycles. The van der Waals surface area contributed by atoms with Gasteiger partial charge >= 0.3 is 0 Å². The molecule has 24 heavy (non-hydrogen) atoms. The minimum atomic E-state index is -0.105. The maximum absolute atomic E-state index is 13.8. The second-order valence-corrected chi connectivity index (χ2v) is 8.39. The van der Waals surface area contributed by atoms with Crippen molar-refractivity contribution >= 4 is 0 Å². The first-order valence-corrected chi connectivity index (χ1v) is 9.96. The lowest BCUT2D eigenvalue weighted by atomic mass is 9.46. The van der Waals surface area contributed by atoms with Crippen LogP contribution in [-0.2, 0) is 6.42 Å². The van der Waals surface area contributed by atoms with Crippen LogP contribution in [0, 0.1) is 23.2 Å². The van der Waals surface area contributed by atoms with E-state index in [0.29, 0.717) is 11.8 Å². The summed E-state index contributed by atoms with van der Waals surface area (Å²) in [5, 5.41) is 0. The first-order valence-electron chi connectivity index (χ1n) is 9.96. The van der Waals surface area contributed by atoms with Crippen molar-refractivity contribution in [2.75, 3.05) is 13.8 Å². The summed E-state index contributed by atoms with van der Waals surface area (Å²) in [7, 11) is 1.76. The van der Waals surface area contributed by atoms with Gasteiger partial charge in [-0.05, 0) is 97.3 Å². The van der Waals surface area contributed by atoms with Gasteiger partial charge in [-0.3, -0.25) is 4.39 Å². The van der Waals surface area contributed by atoms with E-state index < -0.39 is 0 Å². The Morgan fingerprint density at radius 3 is 2.83 bits per heavy atom. The molecule has 1 nitrogen and oxygen atoms in total. The number of benzene rings is 1. The van der Waals surface area contributed by atoms with Gasteiger partial charge in [0.1, 0.15) is 5.75 Å². The average Bonchev–Trinajstić information content (AvgIpc) is 2.66. The number of methoxy groups -OCH3 is 1. The van der Waals surface area contributed by atoms with Gasteiger partial charge in [0.25, 0.3) is 0 Å². The normalized spacial score (nSPS) is 38.0. The highest BCUT2D eigenvalue weighted by molar-refractivity contribution is 5.40. The second-order valence-electron chi connectivity index (χ2n) is 8.39. The van der Waals surface area contributed by atoms with Gasteiger partial charge in [0.05, 0.1) is 13.8 Å². The smallest absolute Gasteiger partial charge is 0.119 e. The van der Waals surface area contributed by atoms with Gasteiger partial charge in [-0.1, -0.05) is 19.4 Å². The van der Waals surface area contributed by atoms with Gasteiger partial charge in [-0.15, -0.1) is 0 Å². The van der Waals surface area contributed by atoms with E-state index in [1.54, 1.807) is 7.11 Å². The molecule has 0 amide bonds. The van der Waals surface area contributed by atoms with Crippen LogP contribution < -0.4 is 4.74 Å². The number of rotatable bonds is 3. The summed E-state index contributed by atoms with van der Waals surface area (Å²) in [6.07, 6.45) is 9.79. The van der Waals surface area contributed by atoms with Crippen molar-refractivity contribution < 1.29 is 9.13 Å². The zero-order valence-electron chi connectivity index (χ0n) is 15.2. The minimum Gasteiger partial charge on any atom is -0.497 e. The summed E-state index contributed by atoms with van der Waals surface area (Å²) in [4.78, 5) is 0. The third-order valence-corrected chi connectivity index (χ3v) is 7.92. The Bertz CT molecular complexity index is 598. The zero-order chi connectivity index (χ0) is 16.7. The van der Waals surface area contributed by atoms with Crippen LogP contribution in [0.4, 0.5) is 4.39 Å². The third-order valence-electron chi connectivity index (χ3n) is 7.92. The maximum atomic E-state index is 13.8. The Morgan fingerprint density at radius 1 is 1.21 bits per heavy atom. The van der Waals surface area contributed by atoms with E-state index in [9.17, 15) is 4.39 Å². The molecule has 0 bridgehead atoms. The predicted octanol–water partition coefficient (Wildman–Crippen LogP) is 5.92. The van der Waals surface area contributed by atoms with Crippen LogP contribution in [0.5, 0.6) is 5.75 Å². The van der Waals surface area contributed by atoms with Crippen LogP contribution in [-0.4, -0.2) is 13.8 Å². The molecular formula is C22H31FO. The summed E-state index contributed by atoms with van der Waals surface area (Å²) < 4.78 is 19.3. The molecule has 5 atom stereocenters. The van der Waals surface area contributed by atoms with Crippen LogP contribution in [0.15, 0.2) is 18.2 Å². The average molecular weight is 330 g/mol. The zero-order valence-corrected chi connectivity index (χ0v) is 15.2. The summed E-state index contributed by atoms with van der Waals surface area (Å²) in [6, 6.07) is 6.68. The summed E-state index contributed by atoms with van der Waals surface area (Å²) in [5.74, 6) is 3.47. The van der Waals surface area contributed by atoms with Gasteiger partial charge in [-0.2, -0.15) is 0 Å². The van der Waals surface area contributed by atoms with E-state index in [4.69, 9.17) is 4.74 Å². The molecule has 0 aliphatic heterocycles. The van der Waals surface area contributed by atoms with Crippen LogP contribution in [0.1, 0.15) is 68.9 Å². The van der Waals surface area contributed by atoms with E-state index in [0.717, 1.165) is 24.0 Å². The number of hydrogen-bond acceptors (Lipinski definition) is 1. The molecule has 3 aliphatic rings. The van der Waals surface area contributed by atoms with Gasteiger partial charge in [-0.25, -0.2) is 0 Å². The molecule has 2 heteroatoms. The molecule has 1 aromatic carbocycles. The van der Waals surface area contributed by atoms with Crippen LogP contribution in [0.25, 0.3) is 0 Å². The van der Waals surface area contributed by atoms with Crippen LogP contribution in [0.3, 0.4) is 0 Å². The number of alkyl halides is 1. The van der Waals surface area contributed by atoms with Gasteiger partial charge in [0.2, 0.25) is 0 Å². The third kappa shape index (κ3) is 2.32. The molecule has 2 fully saturated rings. The Balaban J connectivity index is 1.70. The van der Waals surface area contributed by atoms with Crippen molar-refractivity contribution in [1.82, 2.24) is 0 Å². The van der Waals surface area contributed by atoms with E-state index >= 15 is 0 Å². The number of aryl methyl sites for hydroxylation is 1. The van der Waals surface area contributed by atoms with Gasteiger partial charge in [0.15, 0.2) is 0 Å². The Morgan fingerprint density at radius 2 is 2.08 bits per heavy atom. The lowest BCUT2D eigenvalue weighted by molar-refractivity contribution is -0.0734. The minimum absolute atomic E-state index is 0.105. The number of halogens is 1. The molecule has 1 aromatic rings. The largest absolute Gasteiger partial charge is 0.497 e. The van der Waals surface area contributed by atoms with Crippen molar-refractivity contribution in [3.8, 4) is 5.75 Å². The highest BCUT2D eigenvalue weighted by Gasteiger charge is 2.54. The molecule has 132 valence electrons. The van der Waals surface area contributed by atoms with Crippen molar-refractivity contribution in [3.63, 3.8) is 0 Å². The molecule has 0 N–H and O–H groups in total. The lowest BCUT2D eigenvalue weighted by Crippen LogP contribution is -2.50. The summed E-state index contributed by atoms with van der Waals surface area (Å²) in [5.41, 5.74) is 3.35. The first-order chi connectivity index (χ1) is 11.7. The van der Waals surface area contributed by atoms with E-state index in [2.05, 4.69) is 25.1 Å². The number of fused-ring (bicyclic) bond motifs is 5. The monoisotopic (exact) mass is 330 g/mol. The van der Waals surface area contributed by atoms with Crippen LogP contribution in [0.2, 0.25) is 0 Å². The standard InChI is InChI=1S/C22H31FO/c1-3-22-12-11-18-19(21(22)6-4-5-16(22)14-23)10-8-15-7-9-17(24-2)13-20(15)18/h7,9,13,16,18-19,21H,3-6,8,10-12,14H2,1-2H3/t16?,18-,19+,21-,22+/m0/s1. The van der Waals surface area contributed by atoms with E-state index in [-0.39, 0.29) is 12.1 Å². The summed E-state index contributed by atoms with van der Waals surface area (Å²) in [6.45, 7) is 2.22. The topological polar surface area (TPSA) is 9.23 Å². The SMILES string of the molecule is CC[C@]12CC[C@@H]3c4cc(OC)ccc4CC[C@H]3[C@@H]1CCCC2CF. The second kappa shape index (κ2) is 6.35. The fraction of sp³-hybridized carbons (Fsp3) is 0.727. The van der Waals surface area contributed by atoms with Crippen molar-refractivity contribution in [2.45, 2.75) is 64.2 Å².